The normalized spacial score (nSPS) is 17.7. The van der Waals surface area contributed by atoms with Gasteiger partial charge in [-0.1, -0.05) is 41.0 Å². The van der Waals surface area contributed by atoms with Crippen molar-refractivity contribution in [2.45, 2.75) is 32.2 Å². The summed E-state index contributed by atoms with van der Waals surface area (Å²) < 4.78 is 18.2. The molecule has 8 nitrogen and oxygen atoms in total. The summed E-state index contributed by atoms with van der Waals surface area (Å²) in [6.45, 7) is 1.02. The van der Waals surface area contributed by atoms with Gasteiger partial charge in [0.05, 0.1) is 0 Å². The molecule has 0 saturated carbocycles. The Morgan fingerprint density at radius 1 is 1.19 bits per heavy atom. The van der Waals surface area contributed by atoms with E-state index in [0.29, 0.717) is 28.1 Å². The number of benzene rings is 1. The predicted molar refractivity (Wildman–Crippen MR) is 97.2 cm³/mol. The summed E-state index contributed by atoms with van der Waals surface area (Å²) in [6.07, 6.45) is 2.90. The molecule has 0 bridgehead atoms. The molecule has 27 heavy (non-hydrogen) atoms. The smallest absolute Gasteiger partial charge is 0.207 e. The molecule has 1 saturated heterocycles. The molecule has 0 radical (unpaired) electrons. The molecule has 1 atom stereocenters. The van der Waals surface area contributed by atoms with Crippen LogP contribution in [0.5, 0.6) is 0 Å². The van der Waals surface area contributed by atoms with Crippen LogP contribution in [0.15, 0.2) is 34.9 Å². The van der Waals surface area contributed by atoms with Gasteiger partial charge < -0.3 is 14.0 Å². The third-order valence-corrected chi connectivity index (χ3v) is 4.84. The van der Waals surface area contributed by atoms with Crippen LogP contribution in [0.3, 0.4) is 0 Å². The second kappa shape index (κ2) is 6.88. The molecule has 1 aliphatic rings. The number of aromatic nitrogens is 5. The first kappa shape index (κ1) is 16.6. The van der Waals surface area contributed by atoms with Gasteiger partial charge in [0.1, 0.15) is 6.61 Å². The fraction of sp³-hybridized carbons (Fsp3) is 0.333. The highest BCUT2D eigenvalue weighted by Gasteiger charge is 2.19. The van der Waals surface area contributed by atoms with Gasteiger partial charge in [-0.3, -0.25) is 0 Å². The van der Waals surface area contributed by atoms with Gasteiger partial charge in [0, 0.05) is 23.4 Å². The maximum absolute atomic E-state index is 6.33. The van der Waals surface area contributed by atoms with E-state index in [0.717, 1.165) is 36.6 Å². The van der Waals surface area contributed by atoms with E-state index in [-0.39, 0.29) is 12.9 Å². The van der Waals surface area contributed by atoms with Crippen molar-refractivity contribution in [3.63, 3.8) is 0 Å². The first-order valence-corrected chi connectivity index (χ1v) is 9.16. The molecule has 1 aliphatic heterocycles. The van der Waals surface area contributed by atoms with Crippen LogP contribution in [0.4, 0.5) is 0 Å². The molecular formula is C18H16ClN5O3. The van der Waals surface area contributed by atoms with Gasteiger partial charge in [0.2, 0.25) is 5.82 Å². The number of ether oxygens (including phenoxy) is 2. The summed E-state index contributed by atoms with van der Waals surface area (Å²) in [6, 6.07) is 9.43. The number of hydrogen-bond acceptors (Lipinski definition) is 7. The summed E-state index contributed by atoms with van der Waals surface area (Å²) in [5, 5.41) is 19.0. The van der Waals surface area contributed by atoms with E-state index in [9.17, 15) is 0 Å². The molecule has 1 unspecified atom stereocenters. The Bertz CT molecular complexity index is 1100. The zero-order valence-electron chi connectivity index (χ0n) is 14.3. The van der Waals surface area contributed by atoms with Crippen molar-refractivity contribution in [2.75, 3.05) is 6.61 Å². The van der Waals surface area contributed by atoms with Crippen LogP contribution < -0.4 is 0 Å². The van der Waals surface area contributed by atoms with E-state index in [1.807, 2.05) is 24.3 Å². The summed E-state index contributed by atoms with van der Waals surface area (Å²) in [7, 11) is 0. The summed E-state index contributed by atoms with van der Waals surface area (Å²) >= 11 is 6.33. The molecule has 0 aliphatic carbocycles. The quantitative estimate of drug-likeness (QED) is 0.530. The first-order chi connectivity index (χ1) is 13.3. The highest BCUT2D eigenvalue weighted by atomic mass is 35.5. The van der Waals surface area contributed by atoms with Crippen LogP contribution >= 0.6 is 11.6 Å². The largest absolute Gasteiger partial charge is 0.358 e. The molecule has 1 fully saturated rings. The van der Waals surface area contributed by atoms with Crippen LogP contribution in [0.1, 0.15) is 25.0 Å². The minimum atomic E-state index is -0.187. The van der Waals surface area contributed by atoms with Crippen LogP contribution in [-0.2, 0) is 16.1 Å². The summed E-state index contributed by atoms with van der Waals surface area (Å²) in [4.78, 5) is 0. The zero-order chi connectivity index (χ0) is 18.2. The van der Waals surface area contributed by atoms with Gasteiger partial charge in [-0.15, -0.1) is 10.2 Å². The van der Waals surface area contributed by atoms with Crippen molar-refractivity contribution < 1.29 is 14.0 Å². The van der Waals surface area contributed by atoms with Gasteiger partial charge in [-0.05, 0) is 19.3 Å². The fourth-order valence-electron chi connectivity index (χ4n) is 3.21. The van der Waals surface area contributed by atoms with Crippen molar-refractivity contribution in [1.29, 1.82) is 0 Å². The number of rotatable bonds is 4. The number of halogens is 1. The monoisotopic (exact) mass is 385 g/mol. The Labute approximate surface area is 159 Å². The molecule has 1 aromatic carbocycles. The average Bonchev–Trinajstić information content (AvgIpc) is 3.34. The Kier molecular flexibility index (Phi) is 4.23. The molecule has 4 aromatic rings. The highest BCUT2D eigenvalue weighted by molar-refractivity contribution is 6.34. The van der Waals surface area contributed by atoms with Crippen LogP contribution in [0.25, 0.3) is 27.9 Å². The number of hydrogen-bond donors (Lipinski definition) is 0. The van der Waals surface area contributed by atoms with E-state index in [4.69, 9.17) is 25.6 Å². The van der Waals surface area contributed by atoms with Crippen molar-refractivity contribution in [2.24, 2.45) is 0 Å². The lowest BCUT2D eigenvalue weighted by atomic mass is 10.2. The van der Waals surface area contributed by atoms with Crippen LogP contribution in [0, 0.1) is 0 Å². The van der Waals surface area contributed by atoms with Gasteiger partial charge in [0.25, 0.3) is 0 Å². The molecule has 3 aromatic heterocycles. The number of nitrogens with zero attached hydrogens (tertiary/aromatic N) is 5. The summed E-state index contributed by atoms with van der Waals surface area (Å²) in [5.41, 5.74) is 1.13. The van der Waals surface area contributed by atoms with E-state index >= 15 is 0 Å². The predicted octanol–water partition coefficient (Wildman–Crippen LogP) is 3.63. The molecule has 0 N–H and O–H groups in total. The molecule has 9 heteroatoms. The van der Waals surface area contributed by atoms with E-state index in [1.54, 1.807) is 10.6 Å². The lowest BCUT2D eigenvalue weighted by Crippen LogP contribution is -2.21. The van der Waals surface area contributed by atoms with Crippen molar-refractivity contribution >= 4 is 28.0 Å². The van der Waals surface area contributed by atoms with Gasteiger partial charge in [-0.25, -0.2) is 0 Å². The Morgan fingerprint density at radius 2 is 2.07 bits per heavy atom. The maximum atomic E-state index is 6.33. The fourth-order valence-corrected chi connectivity index (χ4v) is 3.45. The molecular weight excluding hydrogens is 370 g/mol. The average molecular weight is 386 g/mol. The van der Waals surface area contributed by atoms with E-state index in [1.165, 1.54) is 0 Å². The minimum Gasteiger partial charge on any atom is -0.358 e. The van der Waals surface area contributed by atoms with Crippen molar-refractivity contribution in [3.8, 4) is 11.5 Å². The second-order valence-corrected chi connectivity index (χ2v) is 6.74. The second-order valence-electron chi connectivity index (χ2n) is 6.38. The Morgan fingerprint density at radius 3 is 2.93 bits per heavy atom. The third-order valence-electron chi connectivity index (χ3n) is 4.56. The molecule has 5 rings (SSSR count). The highest BCUT2D eigenvalue weighted by Crippen LogP contribution is 2.27. The van der Waals surface area contributed by atoms with E-state index < -0.39 is 0 Å². The SMILES string of the molecule is Clc1nn2c(-c3cc(COC4CCCCO4)on3)nnc2c2ccccc12. The summed E-state index contributed by atoms with van der Waals surface area (Å²) in [5.74, 6) is 1.05. The van der Waals surface area contributed by atoms with Crippen molar-refractivity contribution in [1.82, 2.24) is 25.0 Å². The topological polar surface area (TPSA) is 87.6 Å². The third kappa shape index (κ3) is 3.05. The molecule has 0 amide bonds. The van der Waals surface area contributed by atoms with Crippen LogP contribution in [-0.4, -0.2) is 37.9 Å². The minimum absolute atomic E-state index is 0.187. The first-order valence-electron chi connectivity index (χ1n) is 8.78. The standard InChI is InChI=1S/C18H16ClN5O3/c19-16-12-5-1-2-6-13(12)17-20-21-18(24(17)22-16)14-9-11(27-23-14)10-26-15-7-3-4-8-25-15/h1-2,5-6,9,15H,3-4,7-8,10H2. The van der Waals surface area contributed by atoms with Gasteiger partial charge in [0.15, 0.2) is 28.5 Å². The van der Waals surface area contributed by atoms with Crippen LogP contribution in [0.2, 0.25) is 5.15 Å². The van der Waals surface area contributed by atoms with Gasteiger partial charge >= 0.3 is 0 Å². The molecule has 4 heterocycles. The molecule has 138 valence electrons. The number of fused-ring (bicyclic) bond motifs is 3. The zero-order valence-corrected chi connectivity index (χ0v) is 15.1. The maximum Gasteiger partial charge on any atom is 0.207 e. The van der Waals surface area contributed by atoms with E-state index in [2.05, 4.69) is 20.5 Å². The Balaban J connectivity index is 1.45. The molecule has 0 spiro atoms. The Hall–Kier alpha value is -2.55. The lowest BCUT2D eigenvalue weighted by Gasteiger charge is -2.21. The lowest BCUT2D eigenvalue weighted by molar-refractivity contribution is -0.171. The van der Waals surface area contributed by atoms with Crippen molar-refractivity contribution in [3.05, 3.63) is 41.2 Å². The van der Waals surface area contributed by atoms with Gasteiger partial charge in [-0.2, -0.15) is 9.61 Å².